The molecule has 0 amide bonds. The summed E-state index contributed by atoms with van der Waals surface area (Å²) in [4.78, 5) is 0. The Morgan fingerprint density at radius 1 is 0.447 bits per heavy atom. The van der Waals surface area contributed by atoms with E-state index in [1.54, 1.807) is 0 Å². The van der Waals surface area contributed by atoms with Crippen molar-refractivity contribution in [2.45, 2.75) is 6.92 Å². The highest BCUT2D eigenvalue weighted by Crippen LogP contribution is 2.57. The van der Waals surface area contributed by atoms with Crippen LogP contribution in [0, 0.1) is 133 Å². The van der Waals surface area contributed by atoms with Gasteiger partial charge in [0.1, 0.15) is 64.7 Å². The minimum absolute atomic E-state index is 0.0866. The Morgan fingerprint density at radius 3 is 1.23 bits per heavy atom. The third kappa shape index (κ3) is 4.70. The highest BCUT2D eigenvalue weighted by atomic mass is 19.2. The Bertz CT molecular complexity index is 2200. The highest BCUT2D eigenvalue weighted by Gasteiger charge is 2.45. The SMILES string of the molecule is Cc1c(F)c(C#N)c(F)c(F)c1/C(C#N)=C1/C(=C(C#N)c2cc(F)c(C#N)c(F)c2F)/C1=C(/C#N)c1c(F)c(F)c(C#N)c(F)c1F. The average Bonchev–Trinajstić information content (AvgIpc) is 3.76. The van der Waals surface area contributed by atoms with E-state index in [0.717, 1.165) is 31.2 Å². The molecule has 0 aromatic heterocycles. The molecule has 228 valence electrons. The minimum atomic E-state index is -2.38. The molecule has 1 fully saturated rings. The Labute approximate surface area is 255 Å². The Kier molecular flexibility index (Phi) is 8.36. The first kappa shape index (κ1) is 33.0. The third-order valence-corrected chi connectivity index (χ3v) is 6.86. The molecule has 3 aromatic carbocycles. The number of nitrogens with zero attached hydrogens (tertiary/aromatic N) is 6. The molecule has 0 bridgehead atoms. The summed E-state index contributed by atoms with van der Waals surface area (Å²) >= 11 is 0. The lowest BCUT2D eigenvalue weighted by molar-refractivity contribution is 0.447. The number of halogens is 10. The molecule has 0 heterocycles. The van der Waals surface area contributed by atoms with E-state index in [-0.39, 0.29) is 6.07 Å². The second-order valence-electron chi connectivity index (χ2n) is 9.15. The Hall–Kier alpha value is -6.88. The van der Waals surface area contributed by atoms with E-state index in [9.17, 15) is 42.1 Å². The molecular formula is C31H4F10N6. The molecule has 0 atom stereocenters. The van der Waals surface area contributed by atoms with Crippen LogP contribution >= 0.6 is 0 Å². The van der Waals surface area contributed by atoms with E-state index in [0.29, 0.717) is 0 Å². The zero-order chi connectivity index (χ0) is 35.2. The van der Waals surface area contributed by atoms with Crippen LogP contribution in [0.1, 0.15) is 38.9 Å². The summed E-state index contributed by atoms with van der Waals surface area (Å²) in [6.07, 6.45) is 0. The zero-order valence-corrected chi connectivity index (χ0v) is 22.5. The first-order valence-electron chi connectivity index (χ1n) is 12.1. The van der Waals surface area contributed by atoms with Crippen molar-refractivity contribution in [1.82, 2.24) is 0 Å². The van der Waals surface area contributed by atoms with Gasteiger partial charge < -0.3 is 0 Å². The van der Waals surface area contributed by atoms with Gasteiger partial charge in [0.15, 0.2) is 46.5 Å². The lowest BCUT2D eigenvalue weighted by Crippen LogP contribution is -2.06. The zero-order valence-electron chi connectivity index (χ0n) is 22.5. The molecule has 0 saturated heterocycles. The number of allylic oxidation sites excluding steroid dienone is 6. The largest absolute Gasteiger partial charge is 0.205 e. The molecule has 47 heavy (non-hydrogen) atoms. The Morgan fingerprint density at radius 2 is 0.809 bits per heavy atom. The summed E-state index contributed by atoms with van der Waals surface area (Å²) in [5.74, 6) is -21.4. The van der Waals surface area contributed by atoms with Crippen molar-refractivity contribution in [3.05, 3.63) is 120 Å². The summed E-state index contributed by atoms with van der Waals surface area (Å²) < 4.78 is 148. The van der Waals surface area contributed by atoms with Crippen molar-refractivity contribution in [3.8, 4) is 36.4 Å². The fourth-order valence-corrected chi connectivity index (χ4v) is 4.66. The van der Waals surface area contributed by atoms with Gasteiger partial charge in [-0.05, 0) is 18.6 Å². The third-order valence-electron chi connectivity index (χ3n) is 6.86. The first-order valence-corrected chi connectivity index (χ1v) is 12.1. The maximum Gasteiger partial charge on any atom is 0.180 e. The van der Waals surface area contributed by atoms with Crippen molar-refractivity contribution in [3.63, 3.8) is 0 Å². The topological polar surface area (TPSA) is 143 Å². The molecule has 6 nitrogen and oxygen atoms in total. The van der Waals surface area contributed by atoms with Crippen LogP contribution in [0.25, 0.3) is 16.7 Å². The van der Waals surface area contributed by atoms with Crippen LogP contribution < -0.4 is 0 Å². The molecule has 0 spiro atoms. The van der Waals surface area contributed by atoms with Gasteiger partial charge in [-0.3, -0.25) is 0 Å². The number of rotatable bonds is 3. The molecule has 1 aliphatic rings. The first-order chi connectivity index (χ1) is 22.2. The van der Waals surface area contributed by atoms with Gasteiger partial charge in [-0.15, -0.1) is 0 Å². The van der Waals surface area contributed by atoms with Crippen LogP contribution in [0.5, 0.6) is 0 Å². The summed E-state index contributed by atoms with van der Waals surface area (Å²) in [5, 5.41) is 56.6. The normalized spacial score (nSPS) is 14.9. The van der Waals surface area contributed by atoms with E-state index in [1.165, 1.54) is 12.1 Å². The van der Waals surface area contributed by atoms with E-state index in [4.69, 9.17) is 15.8 Å². The van der Waals surface area contributed by atoms with Crippen LogP contribution in [-0.4, -0.2) is 0 Å². The molecule has 3 aromatic rings. The number of nitriles is 6. The summed E-state index contributed by atoms with van der Waals surface area (Å²) in [7, 11) is 0. The summed E-state index contributed by atoms with van der Waals surface area (Å²) in [6, 6.07) is 6.62. The summed E-state index contributed by atoms with van der Waals surface area (Å²) in [6.45, 7) is 0.729. The molecule has 1 saturated carbocycles. The van der Waals surface area contributed by atoms with Gasteiger partial charge in [0, 0.05) is 27.8 Å². The molecule has 1 aliphatic carbocycles. The lowest BCUT2D eigenvalue weighted by Gasteiger charge is -2.10. The van der Waals surface area contributed by atoms with Crippen molar-refractivity contribution >= 4 is 16.7 Å². The van der Waals surface area contributed by atoms with Gasteiger partial charge in [-0.1, -0.05) is 0 Å². The van der Waals surface area contributed by atoms with E-state index in [2.05, 4.69) is 0 Å². The van der Waals surface area contributed by atoms with Crippen LogP contribution in [0.2, 0.25) is 0 Å². The fourth-order valence-electron chi connectivity index (χ4n) is 4.66. The number of hydrogen-bond acceptors (Lipinski definition) is 6. The average molecular weight is 650 g/mol. The predicted octanol–water partition coefficient (Wildman–Crippen LogP) is 7.25. The minimum Gasteiger partial charge on any atom is -0.205 e. The van der Waals surface area contributed by atoms with Gasteiger partial charge >= 0.3 is 0 Å². The molecule has 0 unspecified atom stereocenters. The standard InChI is InChI=1S/C31H4F10N6/c1-9-18(29(39)26(36)15(7-46)23(9)33)13(5-44)20-19(11(3-42)10-2-17(32)12(4-43)25(35)24(10)34)21(20)14(6-45)22-30(40)27(37)16(8-47)28(38)31(22)41/h2H,1H3/b19-11?,20-13-,21-14+. The molecule has 0 aliphatic heterocycles. The van der Waals surface area contributed by atoms with Gasteiger partial charge in [-0.2, -0.15) is 31.6 Å². The van der Waals surface area contributed by atoms with Crippen molar-refractivity contribution in [2.24, 2.45) is 0 Å². The number of benzene rings is 3. The van der Waals surface area contributed by atoms with E-state index in [1.807, 2.05) is 0 Å². The van der Waals surface area contributed by atoms with Crippen LogP contribution in [0.15, 0.2) is 22.8 Å². The molecular weight excluding hydrogens is 646 g/mol. The van der Waals surface area contributed by atoms with Crippen LogP contribution in [-0.2, 0) is 0 Å². The molecule has 0 radical (unpaired) electrons. The quantitative estimate of drug-likeness (QED) is 0.166. The molecule has 0 N–H and O–H groups in total. The van der Waals surface area contributed by atoms with Crippen molar-refractivity contribution in [2.75, 3.05) is 0 Å². The van der Waals surface area contributed by atoms with Crippen molar-refractivity contribution < 1.29 is 43.9 Å². The molecule has 16 heteroatoms. The Balaban J connectivity index is 2.34. The van der Waals surface area contributed by atoms with E-state index < -0.39 is 131 Å². The second kappa shape index (κ2) is 11.9. The van der Waals surface area contributed by atoms with Gasteiger partial charge in [0.05, 0.1) is 22.3 Å². The molecule has 4 rings (SSSR count). The lowest BCUT2D eigenvalue weighted by atomic mass is 9.95. The fraction of sp³-hybridized carbons (Fsp3) is 0.0323. The maximum absolute atomic E-state index is 15.3. The predicted molar refractivity (Wildman–Crippen MR) is 135 cm³/mol. The number of hydrogen-bond donors (Lipinski definition) is 0. The smallest absolute Gasteiger partial charge is 0.180 e. The van der Waals surface area contributed by atoms with Gasteiger partial charge in [-0.25, -0.2) is 43.9 Å². The van der Waals surface area contributed by atoms with Crippen LogP contribution in [0.4, 0.5) is 43.9 Å². The highest BCUT2D eigenvalue weighted by molar-refractivity contribution is 6.12. The van der Waals surface area contributed by atoms with Gasteiger partial charge in [0.2, 0.25) is 0 Å². The van der Waals surface area contributed by atoms with Crippen LogP contribution in [0.3, 0.4) is 0 Å². The van der Waals surface area contributed by atoms with Gasteiger partial charge in [0.25, 0.3) is 0 Å². The van der Waals surface area contributed by atoms with E-state index >= 15 is 17.6 Å². The van der Waals surface area contributed by atoms with Crippen molar-refractivity contribution in [1.29, 1.82) is 31.6 Å². The summed E-state index contributed by atoms with van der Waals surface area (Å²) in [5.41, 5.74) is -17.5. The second-order valence-corrected chi connectivity index (χ2v) is 9.15. The monoisotopic (exact) mass is 650 g/mol. The maximum atomic E-state index is 15.3.